The van der Waals surface area contributed by atoms with Crippen LogP contribution in [0.2, 0.25) is 0 Å². The minimum Gasteiger partial charge on any atom is -0.352 e. The highest BCUT2D eigenvalue weighted by molar-refractivity contribution is 8.01. The molecule has 6 heteroatoms. The predicted molar refractivity (Wildman–Crippen MR) is 120 cm³/mol. The summed E-state index contributed by atoms with van der Waals surface area (Å²) in [6, 6.07) is 8.09. The number of rotatable bonds is 4. The molecule has 0 saturated carbocycles. The van der Waals surface area contributed by atoms with E-state index in [1.807, 2.05) is 35.7 Å². The van der Waals surface area contributed by atoms with Gasteiger partial charge in [-0.2, -0.15) is 0 Å². The number of carbonyl (C=O) groups is 2. The van der Waals surface area contributed by atoms with Crippen molar-refractivity contribution in [1.29, 1.82) is 0 Å². The summed E-state index contributed by atoms with van der Waals surface area (Å²) in [5, 5.41) is 6.65. The molecule has 5 nitrogen and oxygen atoms in total. The average molecular weight is 418 g/mol. The summed E-state index contributed by atoms with van der Waals surface area (Å²) >= 11 is 1.84. The van der Waals surface area contributed by atoms with E-state index in [9.17, 15) is 9.59 Å². The van der Waals surface area contributed by atoms with Crippen LogP contribution in [0.4, 0.5) is 0 Å². The monoisotopic (exact) mass is 417 g/mol. The van der Waals surface area contributed by atoms with Gasteiger partial charge in [0.25, 0.3) is 5.91 Å². The summed E-state index contributed by atoms with van der Waals surface area (Å²) in [7, 11) is 0. The molecular weight excluding hydrogens is 382 g/mol. The number of benzene rings is 1. The van der Waals surface area contributed by atoms with Crippen molar-refractivity contribution in [3.63, 3.8) is 0 Å². The number of hydrogen-bond acceptors (Lipinski definition) is 4. The number of nitrogens with zero attached hydrogens (tertiary/aromatic N) is 1. The summed E-state index contributed by atoms with van der Waals surface area (Å²) in [5.41, 5.74) is 2.08. The summed E-state index contributed by atoms with van der Waals surface area (Å²) in [5.74, 6) is 1.00. The highest BCUT2D eigenvalue weighted by Crippen LogP contribution is 2.39. The lowest BCUT2D eigenvalue weighted by Crippen LogP contribution is -2.55. The Hall–Kier alpha value is -1.53. The Bertz CT molecular complexity index is 733. The predicted octanol–water partition coefficient (Wildman–Crippen LogP) is 3.54. The number of piperidine rings is 1. The molecule has 3 rings (SSSR count). The number of carbonyl (C=O) groups excluding carboxylic acids is 2. The van der Waals surface area contributed by atoms with E-state index in [1.165, 1.54) is 5.56 Å². The normalized spacial score (nSPS) is 22.5. The third-order valence-electron chi connectivity index (χ3n) is 6.14. The van der Waals surface area contributed by atoms with E-state index in [0.717, 1.165) is 43.7 Å². The number of likely N-dealkylation sites (tertiary alicyclic amines) is 1. The van der Waals surface area contributed by atoms with E-state index in [4.69, 9.17) is 0 Å². The van der Waals surface area contributed by atoms with Gasteiger partial charge in [0.15, 0.2) is 0 Å². The van der Waals surface area contributed by atoms with E-state index in [1.54, 1.807) is 0 Å². The lowest BCUT2D eigenvalue weighted by Gasteiger charge is -2.39. The van der Waals surface area contributed by atoms with Gasteiger partial charge in [-0.15, -0.1) is 11.8 Å². The Kier molecular flexibility index (Phi) is 6.64. The van der Waals surface area contributed by atoms with E-state index in [0.29, 0.717) is 0 Å². The van der Waals surface area contributed by atoms with Crippen LogP contribution in [-0.4, -0.2) is 52.5 Å². The van der Waals surface area contributed by atoms with Crippen LogP contribution in [0.15, 0.2) is 24.3 Å². The first-order chi connectivity index (χ1) is 13.6. The second-order valence-electron chi connectivity index (χ2n) is 9.44. The van der Waals surface area contributed by atoms with Gasteiger partial charge in [-0.25, -0.2) is 0 Å². The maximum atomic E-state index is 12.9. The van der Waals surface area contributed by atoms with Crippen LogP contribution in [0.5, 0.6) is 0 Å². The van der Waals surface area contributed by atoms with Gasteiger partial charge in [0.05, 0.1) is 10.9 Å². The van der Waals surface area contributed by atoms with Crippen molar-refractivity contribution < 1.29 is 9.59 Å². The maximum Gasteiger partial charge on any atom is 0.253 e. The van der Waals surface area contributed by atoms with Gasteiger partial charge < -0.3 is 10.2 Å². The summed E-state index contributed by atoms with van der Waals surface area (Å²) in [6.45, 7) is 12.1. The first-order valence-corrected chi connectivity index (χ1v) is 11.7. The molecule has 2 atom stereocenters. The fourth-order valence-corrected chi connectivity index (χ4v) is 5.30. The standard InChI is InChI=1S/C23H35N3O2S/c1-6-16(2)24-20(27)19-15-29-23(25-19)11-13-26(14-12-23)21(28)17-7-9-18(10-8-17)22(3,4)5/h7-10,16,19,25H,6,11-15H2,1-5H3,(H,24,27)/t16-,19+/m0/s1. The fourth-order valence-electron chi connectivity index (χ4n) is 3.89. The van der Waals surface area contributed by atoms with Gasteiger partial charge in [-0.05, 0) is 49.3 Å². The van der Waals surface area contributed by atoms with Crippen molar-refractivity contribution in [2.75, 3.05) is 18.8 Å². The first kappa shape index (κ1) is 22.2. The Morgan fingerprint density at radius 2 is 1.86 bits per heavy atom. The molecule has 2 aliphatic rings. The quantitative estimate of drug-likeness (QED) is 0.787. The molecule has 2 fully saturated rings. The molecule has 0 bridgehead atoms. The van der Waals surface area contributed by atoms with Crippen molar-refractivity contribution >= 4 is 23.6 Å². The molecule has 2 heterocycles. The highest BCUT2D eigenvalue weighted by Gasteiger charge is 2.44. The molecule has 1 spiro atoms. The number of thioether (sulfide) groups is 1. The molecule has 0 unspecified atom stereocenters. The topological polar surface area (TPSA) is 61.4 Å². The Balaban J connectivity index is 1.55. The van der Waals surface area contributed by atoms with Gasteiger partial charge in [0.2, 0.25) is 5.91 Å². The molecule has 2 amide bonds. The second kappa shape index (κ2) is 8.68. The van der Waals surface area contributed by atoms with Crippen molar-refractivity contribution in [1.82, 2.24) is 15.5 Å². The van der Waals surface area contributed by atoms with Crippen molar-refractivity contribution in [3.8, 4) is 0 Å². The average Bonchev–Trinajstić information content (AvgIpc) is 3.11. The van der Waals surface area contributed by atoms with Crippen molar-refractivity contribution in [3.05, 3.63) is 35.4 Å². The molecule has 0 aromatic heterocycles. The number of nitrogens with one attached hydrogen (secondary N) is 2. The van der Waals surface area contributed by atoms with Crippen LogP contribution in [0.1, 0.15) is 69.8 Å². The Labute approximate surface area is 179 Å². The SMILES string of the molecule is CC[C@H](C)NC(=O)[C@H]1CSC2(CCN(C(=O)c3ccc(C(C)(C)C)cc3)CC2)N1. The van der Waals surface area contributed by atoms with Crippen LogP contribution < -0.4 is 10.6 Å². The lowest BCUT2D eigenvalue weighted by molar-refractivity contribution is -0.123. The molecule has 1 aromatic carbocycles. The summed E-state index contributed by atoms with van der Waals surface area (Å²) in [4.78, 5) is 27.2. The zero-order chi connectivity index (χ0) is 21.2. The molecule has 1 aromatic rings. The minimum atomic E-state index is -0.138. The third-order valence-corrected chi connectivity index (χ3v) is 7.72. The smallest absolute Gasteiger partial charge is 0.253 e. The van der Waals surface area contributed by atoms with Gasteiger partial charge in [0, 0.05) is 30.4 Å². The van der Waals surface area contributed by atoms with Crippen LogP contribution in [0.3, 0.4) is 0 Å². The van der Waals surface area contributed by atoms with E-state index >= 15 is 0 Å². The van der Waals surface area contributed by atoms with Crippen LogP contribution in [-0.2, 0) is 10.2 Å². The van der Waals surface area contributed by atoms with E-state index in [-0.39, 0.29) is 34.2 Å². The molecule has 2 N–H and O–H groups in total. The van der Waals surface area contributed by atoms with Crippen molar-refractivity contribution in [2.24, 2.45) is 0 Å². The fraction of sp³-hybridized carbons (Fsp3) is 0.652. The van der Waals surface area contributed by atoms with Crippen LogP contribution >= 0.6 is 11.8 Å². The molecule has 2 saturated heterocycles. The molecule has 0 aliphatic carbocycles. The largest absolute Gasteiger partial charge is 0.352 e. The van der Waals surface area contributed by atoms with E-state index in [2.05, 4.69) is 50.5 Å². The van der Waals surface area contributed by atoms with Gasteiger partial charge in [-0.1, -0.05) is 39.8 Å². The Morgan fingerprint density at radius 3 is 2.41 bits per heavy atom. The molecule has 29 heavy (non-hydrogen) atoms. The number of hydrogen-bond donors (Lipinski definition) is 2. The summed E-state index contributed by atoms with van der Waals surface area (Å²) in [6.07, 6.45) is 2.68. The molecular formula is C23H35N3O2S. The molecule has 0 radical (unpaired) electrons. The maximum absolute atomic E-state index is 12.9. The zero-order valence-corrected chi connectivity index (χ0v) is 19.2. The van der Waals surface area contributed by atoms with Gasteiger partial charge in [-0.3, -0.25) is 14.9 Å². The molecule has 160 valence electrons. The van der Waals surface area contributed by atoms with E-state index < -0.39 is 0 Å². The van der Waals surface area contributed by atoms with Gasteiger partial charge in [0.1, 0.15) is 0 Å². The van der Waals surface area contributed by atoms with Gasteiger partial charge >= 0.3 is 0 Å². The lowest BCUT2D eigenvalue weighted by atomic mass is 9.86. The highest BCUT2D eigenvalue weighted by atomic mass is 32.2. The van der Waals surface area contributed by atoms with Crippen LogP contribution in [0, 0.1) is 0 Å². The Morgan fingerprint density at radius 1 is 1.24 bits per heavy atom. The second-order valence-corrected chi connectivity index (χ2v) is 10.8. The summed E-state index contributed by atoms with van der Waals surface area (Å²) < 4.78 is 0. The molecule has 2 aliphatic heterocycles. The minimum absolute atomic E-state index is 0.0790. The van der Waals surface area contributed by atoms with Crippen LogP contribution in [0.25, 0.3) is 0 Å². The zero-order valence-electron chi connectivity index (χ0n) is 18.4. The third kappa shape index (κ3) is 5.15. The number of amides is 2. The van der Waals surface area contributed by atoms with Crippen molar-refractivity contribution in [2.45, 2.75) is 76.3 Å². The first-order valence-electron chi connectivity index (χ1n) is 10.8.